The number of aromatic hydroxyl groups is 1. The number of hydrogen-bond donors (Lipinski definition) is 2. The molecule has 1 saturated carbocycles. The number of rotatable bonds is 6. The maximum absolute atomic E-state index is 15.1. The first-order chi connectivity index (χ1) is 21.5. The lowest BCUT2D eigenvalue weighted by atomic mass is 9.76. The number of pyridine rings is 1. The minimum absolute atomic E-state index is 0.0890. The molecule has 0 amide bonds. The van der Waals surface area contributed by atoms with E-state index in [1.165, 1.54) is 6.07 Å². The Kier molecular flexibility index (Phi) is 6.80. The molecule has 2 N–H and O–H groups in total. The lowest BCUT2D eigenvalue weighted by molar-refractivity contribution is 0.188. The van der Waals surface area contributed by atoms with Gasteiger partial charge in [-0.05, 0) is 92.7 Å². The number of nitrogens with one attached hydrogen (secondary N) is 1. The fourth-order valence-corrected chi connectivity index (χ4v) is 7.77. The molecule has 0 spiro atoms. The van der Waals surface area contributed by atoms with Gasteiger partial charge >= 0.3 is 6.01 Å². The molecule has 9 heteroatoms. The molecule has 8 rings (SSSR count). The molecule has 3 atom stereocenters. The Labute approximate surface area is 256 Å². The Bertz CT molecular complexity index is 1810. The fourth-order valence-electron chi connectivity index (χ4n) is 7.77. The summed E-state index contributed by atoms with van der Waals surface area (Å²) in [5.74, 6) is 3.25. The molecule has 3 unspecified atom stereocenters. The van der Waals surface area contributed by atoms with Gasteiger partial charge in [-0.1, -0.05) is 18.4 Å². The average molecular weight is 593 g/mol. The van der Waals surface area contributed by atoms with Crippen molar-refractivity contribution in [3.63, 3.8) is 0 Å². The van der Waals surface area contributed by atoms with Crippen molar-refractivity contribution >= 4 is 27.6 Å². The number of ether oxygens (including phenoxy) is 1. The van der Waals surface area contributed by atoms with Gasteiger partial charge in [0.15, 0.2) is 5.82 Å². The SMILES string of the molecule is C#Cc1c(F)ccc2cc(O)cc(-c3cnc4c(N5CC6CCC(C5)N6)nc(OCC5CCCN5C)nc4c3C3CCC3)c12. The number of halogens is 1. The molecule has 4 aromatic rings. The molecule has 3 saturated heterocycles. The number of piperazine rings is 1. The first kappa shape index (κ1) is 27.5. The third kappa shape index (κ3) is 4.63. The minimum Gasteiger partial charge on any atom is -0.508 e. The summed E-state index contributed by atoms with van der Waals surface area (Å²) < 4.78 is 21.4. The first-order valence-electron chi connectivity index (χ1n) is 15.9. The van der Waals surface area contributed by atoms with Gasteiger partial charge in [0.05, 0.1) is 5.56 Å². The number of anilines is 1. The van der Waals surface area contributed by atoms with Gasteiger partial charge in [0.1, 0.15) is 29.2 Å². The van der Waals surface area contributed by atoms with Crippen LogP contribution >= 0.6 is 0 Å². The second-order valence-electron chi connectivity index (χ2n) is 13.0. The van der Waals surface area contributed by atoms with E-state index >= 15 is 4.39 Å². The monoisotopic (exact) mass is 592 g/mol. The topological polar surface area (TPSA) is 86.6 Å². The van der Waals surface area contributed by atoms with Crippen molar-refractivity contribution in [2.45, 2.75) is 69.0 Å². The minimum atomic E-state index is -0.462. The summed E-state index contributed by atoms with van der Waals surface area (Å²) in [5.41, 5.74) is 4.24. The van der Waals surface area contributed by atoms with E-state index in [4.69, 9.17) is 26.1 Å². The normalized spacial score (nSPS) is 23.8. The third-order valence-corrected chi connectivity index (χ3v) is 10.3. The van der Waals surface area contributed by atoms with Crippen molar-refractivity contribution in [1.82, 2.24) is 25.2 Å². The fraction of sp³-hybridized carbons (Fsp3) is 0.457. The molecule has 2 aromatic heterocycles. The lowest BCUT2D eigenvalue weighted by Crippen LogP contribution is -2.51. The predicted molar refractivity (Wildman–Crippen MR) is 170 cm³/mol. The zero-order valence-electron chi connectivity index (χ0n) is 25.0. The quantitative estimate of drug-likeness (QED) is 0.290. The Morgan fingerprint density at radius 1 is 1.05 bits per heavy atom. The number of phenols is 1. The second-order valence-corrected chi connectivity index (χ2v) is 13.0. The summed E-state index contributed by atoms with van der Waals surface area (Å²) in [6.07, 6.45) is 15.4. The van der Waals surface area contributed by atoms with Crippen LogP contribution in [0.2, 0.25) is 0 Å². The predicted octanol–water partition coefficient (Wildman–Crippen LogP) is 5.35. The number of fused-ring (bicyclic) bond motifs is 4. The first-order valence-corrected chi connectivity index (χ1v) is 15.9. The highest BCUT2D eigenvalue weighted by molar-refractivity contribution is 6.04. The van der Waals surface area contributed by atoms with Gasteiger partial charge in [-0.2, -0.15) is 9.97 Å². The number of phenolic OH excluding ortho intramolecular Hbond substituents is 1. The molecular weight excluding hydrogens is 555 g/mol. The van der Waals surface area contributed by atoms with E-state index in [1.54, 1.807) is 18.2 Å². The molecule has 4 fully saturated rings. The van der Waals surface area contributed by atoms with Crippen LogP contribution in [0.3, 0.4) is 0 Å². The van der Waals surface area contributed by atoms with Crippen LogP contribution in [-0.2, 0) is 0 Å². The Morgan fingerprint density at radius 3 is 2.57 bits per heavy atom. The van der Waals surface area contributed by atoms with Crippen molar-refractivity contribution in [3.05, 3.63) is 47.4 Å². The Morgan fingerprint density at radius 2 is 1.86 bits per heavy atom. The summed E-state index contributed by atoms with van der Waals surface area (Å²) in [7, 11) is 2.14. The molecule has 5 heterocycles. The average Bonchev–Trinajstić information content (AvgIpc) is 3.57. The van der Waals surface area contributed by atoms with Crippen LogP contribution in [0.15, 0.2) is 30.5 Å². The molecule has 2 aromatic carbocycles. The standard InChI is InChI=1S/C35H37FN6O2/c1-3-26-29(36)12-9-21-14-25(43)15-27(30(21)26)28-16-37-33-32(31(28)20-6-4-7-20)39-35(44-19-24-8-5-13-41(24)2)40-34(33)42-17-22-10-11-23(18-42)38-22/h1,9,12,14-16,20,22-24,38,43H,4-8,10-11,13,17-19H2,2H3. The second kappa shape index (κ2) is 10.9. The number of terminal acetylenes is 1. The maximum atomic E-state index is 15.1. The lowest BCUT2D eigenvalue weighted by Gasteiger charge is -2.35. The highest BCUT2D eigenvalue weighted by Gasteiger charge is 2.35. The molecule has 1 aliphatic carbocycles. The van der Waals surface area contributed by atoms with Crippen LogP contribution in [0.1, 0.15) is 62.0 Å². The van der Waals surface area contributed by atoms with E-state index in [0.717, 1.165) is 92.6 Å². The van der Waals surface area contributed by atoms with Gasteiger partial charge in [0.2, 0.25) is 0 Å². The summed E-state index contributed by atoms with van der Waals surface area (Å²) in [6, 6.07) is 7.88. The summed E-state index contributed by atoms with van der Waals surface area (Å²) in [5, 5.41) is 15.8. The molecule has 226 valence electrons. The molecule has 3 aliphatic heterocycles. The van der Waals surface area contributed by atoms with Crippen LogP contribution in [0.25, 0.3) is 32.9 Å². The molecule has 8 nitrogen and oxygen atoms in total. The van der Waals surface area contributed by atoms with E-state index in [2.05, 4.69) is 28.1 Å². The van der Waals surface area contributed by atoms with Gasteiger partial charge in [0.25, 0.3) is 0 Å². The van der Waals surface area contributed by atoms with Gasteiger partial charge in [0, 0.05) is 48.4 Å². The van der Waals surface area contributed by atoms with E-state index in [-0.39, 0.29) is 17.2 Å². The van der Waals surface area contributed by atoms with Crippen LogP contribution in [0.5, 0.6) is 11.8 Å². The van der Waals surface area contributed by atoms with Crippen LogP contribution < -0.4 is 15.0 Å². The Hall–Kier alpha value is -4.00. The highest BCUT2D eigenvalue weighted by atomic mass is 19.1. The van der Waals surface area contributed by atoms with Crippen molar-refractivity contribution in [2.75, 3.05) is 38.2 Å². The largest absolute Gasteiger partial charge is 0.508 e. The van der Waals surface area contributed by atoms with Crippen LogP contribution in [-0.4, -0.2) is 76.4 Å². The zero-order valence-corrected chi connectivity index (χ0v) is 25.0. The summed E-state index contributed by atoms with van der Waals surface area (Å²) in [4.78, 5) is 19.8. The molecular formula is C35H37FN6O2. The van der Waals surface area contributed by atoms with E-state index in [1.807, 2.05) is 6.20 Å². The summed E-state index contributed by atoms with van der Waals surface area (Å²) in [6.45, 7) is 3.32. The zero-order chi connectivity index (χ0) is 29.9. The molecule has 4 aliphatic rings. The number of likely N-dealkylation sites (tertiary alicyclic amines) is 1. The third-order valence-electron chi connectivity index (χ3n) is 10.3. The van der Waals surface area contributed by atoms with Gasteiger partial charge in [-0.25, -0.2) is 4.39 Å². The van der Waals surface area contributed by atoms with Gasteiger partial charge in [-0.3, -0.25) is 4.98 Å². The van der Waals surface area contributed by atoms with E-state index in [0.29, 0.717) is 47.1 Å². The molecule has 2 bridgehead atoms. The van der Waals surface area contributed by atoms with Gasteiger partial charge < -0.3 is 25.0 Å². The Balaban J connectivity index is 1.35. The van der Waals surface area contributed by atoms with Crippen LogP contribution in [0, 0.1) is 18.2 Å². The highest BCUT2D eigenvalue weighted by Crippen LogP contribution is 2.47. The number of nitrogens with zero attached hydrogens (tertiary/aromatic N) is 5. The summed E-state index contributed by atoms with van der Waals surface area (Å²) >= 11 is 0. The number of likely N-dealkylation sites (N-methyl/N-ethyl adjacent to an activating group) is 1. The van der Waals surface area contributed by atoms with Crippen molar-refractivity contribution in [2.24, 2.45) is 0 Å². The number of hydrogen-bond acceptors (Lipinski definition) is 8. The smallest absolute Gasteiger partial charge is 0.319 e. The van der Waals surface area contributed by atoms with Crippen molar-refractivity contribution in [3.8, 4) is 35.2 Å². The van der Waals surface area contributed by atoms with Crippen LogP contribution in [0.4, 0.5) is 10.2 Å². The van der Waals surface area contributed by atoms with Gasteiger partial charge in [-0.15, -0.1) is 6.42 Å². The number of aromatic nitrogens is 3. The van der Waals surface area contributed by atoms with E-state index < -0.39 is 5.82 Å². The van der Waals surface area contributed by atoms with Crippen molar-refractivity contribution < 1.29 is 14.2 Å². The van der Waals surface area contributed by atoms with Crippen molar-refractivity contribution in [1.29, 1.82) is 0 Å². The molecule has 44 heavy (non-hydrogen) atoms. The number of benzene rings is 2. The molecule has 0 radical (unpaired) electrons. The maximum Gasteiger partial charge on any atom is 0.319 e. The van der Waals surface area contributed by atoms with E-state index in [9.17, 15) is 5.11 Å².